The van der Waals surface area contributed by atoms with Gasteiger partial charge in [0.15, 0.2) is 0 Å². The first-order valence-electron chi connectivity index (χ1n) is 5.66. The molecule has 1 aromatic rings. The van der Waals surface area contributed by atoms with Crippen LogP contribution in [0.15, 0.2) is 18.2 Å². The van der Waals surface area contributed by atoms with E-state index in [9.17, 15) is 9.59 Å². The second-order valence-electron chi connectivity index (χ2n) is 4.62. The number of rotatable bonds is 5. The average Bonchev–Trinajstić information content (AvgIpc) is 2.31. The van der Waals surface area contributed by atoms with Crippen LogP contribution in [-0.2, 0) is 9.59 Å². The summed E-state index contributed by atoms with van der Waals surface area (Å²) in [6.07, 6.45) is 0. The molecule has 0 atom stereocenters. The van der Waals surface area contributed by atoms with E-state index in [1.54, 1.807) is 26.0 Å². The Hall–Kier alpha value is -1.20. The van der Waals surface area contributed by atoms with Crippen LogP contribution in [0.2, 0.25) is 5.02 Å². The van der Waals surface area contributed by atoms with Crippen molar-refractivity contribution >= 4 is 40.9 Å². The van der Waals surface area contributed by atoms with Crippen LogP contribution in [0.4, 0.5) is 5.69 Å². The zero-order valence-corrected chi connectivity index (χ0v) is 12.6. The molecule has 2 N–H and O–H groups in total. The predicted molar refractivity (Wildman–Crippen MR) is 79.0 cm³/mol. The molecule has 0 aromatic heterocycles. The van der Waals surface area contributed by atoms with Gasteiger partial charge in [0.25, 0.3) is 0 Å². The lowest BCUT2D eigenvalue weighted by molar-refractivity contribution is -0.138. The number of hydrogen-bond acceptors (Lipinski definition) is 3. The molecule has 0 spiro atoms. The number of aliphatic carboxylic acids is 1. The molecule has 0 saturated heterocycles. The Bertz CT molecular complexity index is 503. The van der Waals surface area contributed by atoms with E-state index in [1.807, 2.05) is 13.0 Å². The van der Waals surface area contributed by atoms with Crippen LogP contribution in [0.3, 0.4) is 0 Å². The number of halogens is 1. The van der Waals surface area contributed by atoms with Gasteiger partial charge in [-0.1, -0.05) is 17.7 Å². The molecule has 1 aromatic carbocycles. The maximum atomic E-state index is 11.7. The molecular weight excluding hydrogens is 286 g/mol. The zero-order valence-electron chi connectivity index (χ0n) is 11.0. The van der Waals surface area contributed by atoms with Gasteiger partial charge in [-0.05, 0) is 38.5 Å². The summed E-state index contributed by atoms with van der Waals surface area (Å²) in [7, 11) is 0. The Kier molecular flexibility index (Phi) is 5.26. The minimum absolute atomic E-state index is 0.0742. The summed E-state index contributed by atoms with van der Waals surface area (Å²) in [4.78, 5) is 22.6. The van der Waals surface area contributed by atoms with E-state index in [0.717, 1.165) is 17.3 Å². The average molecular weight is 302 g/mol. The standard InChI is InChI=1S/C13H16ClNO3S/c1-8-4-5-9(6-10(8)14)15-11(16)7-19-13(2,3)12(17)18/h4-6H,7H2,1-3H3,(H,15,16)(H,17,18). The Morgan fingerprint density at radius 1 is 1.42 bits per heavy atom. The number of carbonyl (C=O) groups is 2. The van der Waals surface area contributed by atoms with E-state index in [0.29, 0.717) is 10.7 Å². The number of amides is 1. The molecule has 0 radical (unpaired) electrons. The predicted octanol–water partition coefficient (Wildman–Crippen LogP) is 3.18. The summed E-state index contributed by atoms with van der Waals surface area (Å²) in [5, 5.41) is 12.2. The molecule has 1 amide bonds. The second-order valence-corrected chi connectivity index (χ2v) is 6.62. The third kappa shape index (κ3) is 4.76. The van der Waals surface area contributed by atoms with Crippen molar-refractivity contribution in [2.45, 2.75) is 25.5 Å². The lowest BCUT2D eigenvalue weighted by atomic mass is 10.2. The van der Waals surface area contributed by atoms with Gasteiger partial charge in [0.2, 0.25) is 5.91 Å². The first-order valence-corrected chi connectivity index (χ1v) is 7.02. The number of carboxylic acid groups (broad SMARTS) is 1. The highest BCUT2D eigenvalue weighted by molar-refractivity contribution is 8.02. The van der Waals surface area contributed by atoms with Gasteiger partial charge in [-0.25, -0.2) is 0 Å². The SMILES string of the molecule is Cc1ccc(NC(=O)CSC(C)(C)C(=O)O)cc1Cl. The Labute approximate surface area is 121 Å². The molecule has 0 heterocycles. The van der Waals surface area contributed by atoms with Crippen molar-refractivity contribution in [1.29, 1.82) is 0 Å². The van der Waals surface area contributed by atoms with Crippen LogP contribution >= 0.6 is 23.4 Å². The highest BCUT2D eigenvalue weighted by Gasteiger charge is 2.28. The molecule has 0 aliphatic heterocycles. The molecule has 0 aliphatic rings. The number of thioether (sulfide) groups is 1. The minimum Gasteiger partial charge on any atom is -0.480 e. The summed E-state index contributed by atoms with van der Waals surface area (Å²) in [6.45, 7) is 5.01. The molecule has 0 saturated carbocycles. The Morgan fingerprint density at radius 2 is 2.05 bits per heavy atom. The number of anilines is 1. The van der Waals surface area contributed by atoms with Gasteiger partial charge in [-0.3, -0.25) is 9.59 Å². The van der Waals surface area contributed by atoms with Crippen molar-refractivity contribution in [1.82, 2.24) is 0 Å². The fourth-order valence-corrected chi connectivity index (χ4v) is 2.04. The van der Waals surface area contributed by atoms with Crippen molar-refractivity contribution < 1.29 is 14.7 Å². The van der Waals surface area contributed by atoms with Gasteiger partial charge < -0.3 is 10.4 Å². The third-order valence-electron chi connectivity index (χ3n) is 2.53. The lowest BCUT2D eigenvalue weighted by Gasteiger charge is -2.17. The van der Waals surface area contributed by atoms with Crippen molar-refractivity contribution in [3.63, 3.8) is 0 Å². The monoisotopic (exact) mass is 301 g/mol. The van der Waals surface area contributed by atoms with Crippen molar-refractivity contribution in [3.05, 3.63) is 28.8 Å². The van der Waals surface area contributed by atoms with Crippen LogP contribution in [0.25, 0.3) is 0 Å². The molecule has 0 unspecified atom stereocenters. The quantitative estimate of drug-likeness (QED) is 0.876. The highest BCUT2D eigenvalue weighted by atomic mass is 35.5. The van der Waals surface area contributed by atoms with Crippen molar-refractivity contribution in [2.75, 3.05) is 11.1 Å². The zero-order chi connectivity index (χ0) is 14.6. The van der Waals surface area contributed by atoms with E-state index < -0.39 is 10.7 Å². The van der Waals surface area contributed by atoms with Crippen LogP contribution in [0.5, 0.6) is 0 Å². The first kappa shape index (κ1) is 15.9. The smallest absolute Gasteiger partial charge is 0.319 e. The van der Waals surface area contributed by atoms with Gasteiger partial charge in [-0.15, -0.1) is 11.8 Å². The molecule has 0 bridgehead atoms. The molecule has 0 fully saturated rings. The number of carboxylic acids is 1. The first-order chi connectivity index (χ1) is 8.72. The molecule has 19 heavy (non-hydrogen) atoms. The topological polar surface area (TPSA) is 66.4 Å². The summed E-state index contributed by atoms with van der Waals surface area (Å²) >= 11 is 7.03. The minimum atomic E-state index is -0.984. The highest BCUT2D eigenvalue weighted by Crippen LogP contribution is 2.25. The number of nitrogens with one attached hydrogen (secondary N) is 1. The molecule has 6 heteroatoms. The molecule has 1 rings (SSSR count). The summed E-state index contributed by atoms with van der Waals surface area (Å²) in [5.41, 5.74) is 1.54. The van der Waals surface area contributed by atoms with Crippen LogP contribution in [0.1, 0.15) is 19.4 Å². The van der Waals surface area contributed by atoms with E-state index in [-0.39, 0.29) is 11.7 Å². The fraction of sp³-hybridized carbons (Fsp3) is 0.385. The van der Waals surface area contributed by atoms with Gasteiger partial charge >= 0.3 is 5.97 Å². The van der Waals surface area contributed by atoms with Gasteiger partial charge in [0.1, 0.15) is 4.75 Å². The van der Waals surface area contributed by atoms with Gasteiger partial charge in [0.05, 0.1) is 5.75 Å². The van der Waals surface area contributed by atoms with Crippen LogP contribution in [0, 0.1) is 6.92 Å². The third-order valence-corrected chi connectivity index (χ3v) is 4.24. The largest absolute Gasteiger partial charge is 0.480 e. The maximum absolute atomic E-state index is 11.7. The van der Waals surface area contributed by atoms with Gasteiger partial charge in [-0.2, -0.15) is 0 Å². The van der Waals surface area contributed by atoms with E-state index in [1.165, 1.54) is 0 Å². The second kappa shape index (κ2) is 6.30. The molecule has 0 aliphatic carbocycles. The van der Waals surface area contributed by atoms with Crippen LogP contribution in [-0.4, -0.2) is 27.5 Å². The van der Waals surface area contributed by atoms with Gasteiger partial charge in [0, 0.05) is 10.7 Å². The molecule has 104 valence electrons. The maximum Gasteiger partial charge on any atom is 0.319 e. The van der Waals surface area contributed by atoms with Crippen molar-refractivity contribution in [3.8, 4) is 0 Å². The van der Waals surface area contributed by atoms with E-state index in [2.05, 4.69) is 5.32 Å². The Balaban J connectivity index is 2.56. The summed E-state index contributed by atoms with van der Waals surface area (Å²) < 4.78 is -0.984. The molecule has 4 nitrogen and oxygen atoms in total. The number of carbonyl (C=O) groups excluding carboxylic acids is 1. The number of hydrogen-bond donors (Lipinski definition) is 2. The number of benzene rings is 1. The van der Waals surface area contributed by atoms with Crippen LogP contribution < -0.4 is 5.32 Å². The molecular formula is C13H16ClNO3S. The van der Waals surface area contributed by atoms with E-state index >= 15 is 0 Å². The Morgan fingerprint density at radius 3 is 2.58 bits per heavy atom. The normalized spacial score (nSPS) is 11.2. The lowest BCUT2D eigenvalue weighted by Crippen LogP contribution is -2.29. The number of aryl methyl sites for hydroxylation is 1. The fourth-order valence-electron chi connectivity index (χ4n) is 1.18. The summed E-state index contributed by atoms with van der Waals surface area (Å²) in [5.74, 6) is -1.12. The summed E-state index contributed by atoms with van der Waals surface area (Å²) in [6, 6.07) is 5.24. The van der Waals surface area contributed by atoms with E-state index in [4.69, 9.17) is 16.7 Å². The van der Waals surface area contributed by atoms with Crippen molar-refractivity contribution in [2.24, 2.45) is 0 Å².